The van der Waals surface area contributed by atoms with E-state index in [9.17, 15) is 4.79 Å². The number of aryl methyl sites for hydroxylation is 1. The maximum atomic E-state index is 12.5. The van der Waals surface area contributed by atoms with Gasteiger partial charge in [0.05, 0.1) is 22.7 Å². The fraction of sp³-hybridized carbons (Fsp3) is 0.176. The largest absolute Gasteiger partial charge is 0.497 e. The first kappa shape index (κ1) is 15.9. The number of rotatable bonds is 2. The van der Waals surface area contributed by atoms with Crippen molar-refractivity contribution in [1.29, 1.82) is 0 Å². The second-order valence-corrected chi connectivity index (χ2v) is 8.41. The van der Waals surface area contributed by atoms with Crippen LogP contribution in [0.15, 0.2) is 49.2 Å². The fourth-order valence-electron chi connectivity index (χ4n) is 2.69. The van der Waals surface area contributed by atoms with Crippen LogP contribution < -0.4 is 10.3 Å². The van der Waals surface area contributed by atoms with Gasteiger partial charge in [0.1, 0.15) is 5.75 Å². The maximum absolute atomic E-state index is 12.5. The topological polar surface area (TPSA) is 44.1 Å². The van der Waals surface area contributed by atoms with Crippen molar-refractivity contribution in [3.63, 3.8) is 0 Å². The summed E-state index contributed by atoms with van der Waals surface area (Å²) in [6.07, 6.45) is 0.847. The zero-order chi connectivity index (χ0) is 16.7. The van der Waals surface area contributed by atoms with E-state index in [2.05, 4.69) is 21.3 Å². The zero-order valence-corrected chi connectivity index (χ0v) is 16.0. The lowest BCUT2D eigenvalue weighted by molar-refractivity contribution is 0.414. The van der Waals surface area contributed by atoms with Crippen LogP contribution in [0.1, 0.15) is 5.56 Å². The van der Waals surface area contributed by atoms with E-state index >= 15 is 0 Å². The first-order valence-electron chi connectivity index (χ1n) is 7.35. The fourth-order valence-corrected chi connectivity index (χ4v) is 5.80. The van der Waals surface area contributed by atoms with Gasteiger partial charge in [-0.05, 0) is 52.2 Å². The van der Waals surface area contributed by atoms with Gasteiger partial charge in [-0.15, -0.1) is 23.1 Å². The number of hydrogen-bond donors (Lipinski definition) is 0. The molecule has 24 heavy (non-hydrogen) atoms. The van der Waals surface area contributed by atoms with Crippen LogP contribution in [0.25, 0.3) is 16.9 Å². The predicted molar refractivity (Wildman–Crippen MR) is 102 cm³/mol. The van der Waals surface area contributed by atoms with E-state index in [1.807, 2.05) is 36.0 Å². The first-order valence-corrected chi connectivity index (χ1v) is 10.0. The summed E-state index contributed by atoms with van der Waals surface area (Å²) in [5, 5.41) is 6.78. The molecule has 0 fully saturated rings. The monoisotopic (exact) mass is 420 g/mol. The highest BCUT2D eigenvalue weighted by atomic mass is 79.9. The van der Waals surface area contributed by atoms with Gasteiger partial charge < -0.3 is 4.74 Å². The number of nitrogens with zero attached hydrogens (tertiary/aromatic N) is 2. The van der Waals surface area contributed by atoms with Crippen molar-refractivity contribution in [2.24, 2.45) is 0 Å². The molecule has 0 N–H and O–H groups in total. The number of thiophene rings is 1. The van der Waals surface area contributed by atoms with E-state index in [-0.39, 0.29) is 5.56 Å². The third-order valence-corrected chi connectivity index (χ3v) is 7.10. The summed E-state index contributed by atoms with van der Waals surface area (Å²) >= 11 is 7.16. The molecule has 4 nitrogen and oxygen atoms in total. The second-order valence-electron chi connectivity index (χ2n) is 5.31. The molecule has 122 valence electrons. The molecule has 0 bridgehead atoms. The van der Waals surface area contributed by atoms with Crippen molar-refractivity contribution in [2.75, 3.05) is 12.9 Å². The number of fused-ring (bicyclic) bond motifs is 3. The molecule has 0 radical (unpaired) electrons. The third kappa shape index (κ3) is 2.70. The van der Waals surface area contributed by atoms with Crippen molar-refractivity contribution in [2.45, 2.75) is 10.6 Å². The van der Waals surface area contributed by atoms with Crippen LogP contribution in [-0.4, -0.2) is 22.6 Å². The van der Waals surface area contributed by atoms with Crippen LogP contribution in [0.2, 0.25) is 0 Å². The van der Waals surface area contributed by atoms with E-state index in [0.717, 1.165) is 44.9 Å². The lowest BCUT2D eigenvalue weighted by atomic mass is 10.1. The van der Waals surface area contributed by atoms with Gasteiger partial charge in [0.25, 0.3) is 5.56 Å². The van der Waals surface area contributed by atoms with Crippen molar-refractivity contribution in [3.05, 3.63) is 56.1 Å². The van der Waals surface area contributed by atoms with Crippen molar-refractivity contribution in [3.8, 4) is 22.7 Å². The Bertz CT molecular complexity index is 964. The maximum Gasteiger partial charge on any atom is 0.271 e. The number of aromatic nitrogens is 2. The molecule has 0 atom stereocenters. The molecule has 0 saturated carbocycles. The number of halogens is 1. The van der Waals surface area contributed by atoms with Gasteiger partial charge in [0.2, 0.25) is 0 Å². The van der Waals surface area contributed by atoms with E-state index in [1.54, 1.807) is 24.5 Å². The average Bonchev–Trinajstić information content (AvgIpc) is 2.86. The third-order valence-electron chi connectivity index (χ3n) is 3.88. The lowest BCUT2D eigenvalue weighted by Crippen LogP contribution is -2.22. The molecule has 0 aliphatic carbocycles. The van der Waals surface area contributed by atoms with Gasteiger partial charge in [-0.1, -0.05) is 0 Å². The van der Waals surface area contributed by atoms with Gasteiger partial charge in [-0.2, -0.15) is 9.78 Å². The number of benzene rings is 1. The molecule has 3 heterocycles. The Kier molecular flexibility index (Phi) is 4.24. The molecular weight excluding hydrogens is 408 g/mol. The van der Waals surface area contributed by atoms with Crippen LogP contribution in [0.3, 0.4) is 0 Å². The Morgan fingerprint density at radius 1 is 1.29 bits per heavy atom. The minimum atomic E-state index is -0.112. The first-order chi connectivity index (χ1) is 11.7. The van der Waals surface area contributed by atoms with Gasteiger partial charge in [0.15, 0.2) is 0 Å². The summed E-state index contributed by atoms with van der Waals surface area (Å²) < 4.78 is 8.92. The van der Waals surface area contributed by atoms with Crippen LogP contribution in [0, 0.1) is 0 Å². The van der Waals surface area contributed by atoms with Crippen LogP contribution in [0.5, 0.6) is 5.75 Å². The summed E-state index contributed by atoms with van der Waals surface area (Å²) in [7, 11) is 1.62. The molecule has 2 aromatic heterocycles. The van der Waals surface area contributed by atoms with Gasteiger partial charge in [0, 0.05) is 27.2 Å². The Labute approximate surface area is 155 Å². The highest BCUT2D eigenvalue weighted by Gasteiger charge is 2.22. The Morgan fingerprint density at radius 2 is 2.08 bits per heavy atom. The molecule has 0 spiro atoms. The molecule has 0 unspecified atom stereocenters. The summed E-state index contributed by atoms with van der Waals surface area (Å²) in [5.74, 6) is 1.71. The van der Waals surface area contributed by atoms with Gasteiger partial charge in [-0.3, -0.25) is 4.79 Å². The number of thioether (sulfide) groups is 1. The molecule has 4 rings (SSSR count). The smallest absolute Gasteiger partial charge is 0.271 e. The van der Waals surface area contributed by atoms with Crippen LogP contribution >= 0.6 is 39.0 Å². The predicted octanol–water partition coefficient (Wildman–Crippen LogP) is 4.38. The van der Waals surface area contributed by atoms with Gasteiger partial charge in [-0.25, -0.2) is 0 Å². The molecule has 3 aromatic rings. The van der Waals surface area contributed by atoms with Crippen molar-refractivity contribution in [1.82, 2.24) is 9.78 Å². The summed E-state index contributed by atoms with van der Waals surface area (Å²) in [6.45, 7) is 0. The summed E-state index contributed by atoms with van der Waals surface area (Å²) in [4.78, 5) is 12.5. The number of ether oxygens (including phenoxy) is 1. The number of methoxy groups -OCH3 is 1. The van der Waals surface area contributed by atoms with Crippen LogP contribution in [0.4, 0.5) is 0 Å². The molecule has 7 heteroatoms. The summed E-state index contributed by atoms with van der Waals surface area (Å²) in [5.41, 5.74) is 3.61. The van der Waals surface area contributed by atoms with Crippen molar-refractivity contribution < 1.29 is 4.74 Å². The lowest BCUT2D eigenvalue weighted by Gasteiger charge is -2.11. The normalized spacial score (nSPS) is 13.1. The molecule has 1 aliphatic heterocycles. The quantitative estimate of drug-likeness (QED) is 0.616. The number of hydrogen-bond acceptors (Lipinski definition) is 5. The molecule has 1 aromatic carbocycles. The minimum absolute atomic E-state index is 0.112. The average molecular weight is 421 g/mol. The van der Waals surface area contributed by atoms with Gasteiger partial charge >= 0.3 is 0 Å². The SMILES string of the molecule is COc1ccc(-n2nc3c(cc2=O)CCSc2scc(Br)c2-3)cc1. The highest BCUT2D eigenvalue weighted by Crippen LogP contribution is 2.44. The van der Waals surface area contributed by atoms with E-state index in [0.29, 0.717) is 0 Å². The van der Waals surface area contributed by atoms with E-state index in [1.165, 1.54) is 8.89 Å². The summed E-state index contributed by atoms with van der Waals surface area (Å²) in [6, 6.07) is 9.06. The van der Waals surface area contributed by atoms with Crippen LogP contribution in [-0.2, 0) is 6.42 Å². The standard InChI is InChI=1S/C17H13BrN2O2S2/c1-22-12-4-2-11(3-5-12)20-14(21)8-10-6-7-23-17-15(16(10)19-20)13(18)9-24-17/h2-5,8-9H,6-7H2,1H3. The molecule has 0 amide bonds. The molecule has 0 saturated heterocycles. The highest BCUT2D eigenvalue weighted by molar-refractivity contribution is 9.10. The molecular formula is C17H13BrN2O2S2. The minimum Gasteiger partial charge on any atom is -0.497 e. The second kappa shape index (κ2) is 6.38. The van der Waals surface area contributed by atoms with E-state index < -0.39 is 0 Å². The Balaban J connectivity index is 1.92. The Hall–Kier alpha value is -1.57. The zero-order valence-electron chi connectivity index (χ0n) is 12.8. The van der Waals surface area contributed by atoms with E-state index in [4.69, 9.17) is 9.84 Å². The Morgan fingerprint density at radius 3 is 2.83 bits per heavy atom. The van der Waals surface area contributed by atoms with Crippen molar-refractivity contribution >= 4 is 39.0 Å². The molecule has 1 aliphatic rings.